The molecule has 0 radical (unpaired) electrons. The summed E-state index contributed by atoms with van der Waals surface area (Å²) in [5.41, 5.74) is 1.51. The Morgan fingerprint density at radius 3 is 2.16 bits per heavy atom. The highest BCUT2D eigenvalue weighted by Crippen LogP contribution is 2.22. The van der Waals surface area contributed by atoms with Gasteiger partial charge in [-0.05, 0) is 43.4 Å². The molecule has 0 bridgehead atoms. The standard InChI is InChI=1S/C24H30N4O3/c1-2-25-24(31)28-15-13-19(14-16-28)21(27-22(29)20-11-7-4-8-12-20)23(30)26-17-18-9-5-3-6-10-18/h3-12,19,21H,2,13-17H2,1H3,(H,25,31)(H,26,30)(H,27,29). The van der Waals surface area contributed by atoms with Crippen LogP contribution < -0.4 is 16.0 Å². The quantitative estimate of drug-likeness (QED) is 0.641. The van der Waals surface area contributed by atoms with Gasteiger partial charge in [0.05, 0.1) is 0 Å². The van der Waals surface area contributed by atoms with E-state index >= 15 is 0 Å². The number of urea groups is 1. The summed E-state index contributed by atoms with van der Waals surface area (Å²) in [7, 11) is 0. The van der Waals surface area contributed by atoms with Crippen LogP contribution >= 0.6 is 0 Å². The third kappa shape index (κ3) is 6.31. The zero-order valence-electron chi connectivity index (χ0n) is 17.8. The molecule has 0 spiro atoms. The van der Waals surface area contributed by atoms with E-state index in [-0.39, 0.29) is 23.8 Å². The summed E-state index contributed by atoms with van der Waals surface area (Å²) in [5.74, 6) is -0.523. The zero-order chi connectivity index (χ0) is 22.1. The highest BCUT2D eigenvalue weighted by molar-refractivity contribution is 5.97. The molecule has 0 aliphatic carbocycles. The molecular formula is C24H30N4O3. The number of amides is 4. The monoisotopic (exact) mass is 422 g/mol. The van der Waals surface area contributed by atoms with Gasteiger partial charge in [-0.3, -0.25) is 9.59 Å². The van der Waals surface area contributed by atoms with E-state index in [0.717, 1.165) is 5.56 Å². The van der Waals surface area contributed by atoms with Crippen LogP contribution in [0.5, 0.6) is 0 Å². The lowest BCUT2D eigenvalue weighted by Gasteiger charge is -2.35. The molecule has 1 aliphatic rings. The van der Waals surface area contributed by atoms with Crippen molar-refractivity contribution in [3.63, 3.8) is 0 Å². The highest BCUT2D eigenvalue weighted by atomic mass is 16.2. The van der Waals surface area contributed by atoms with Crippen molar-refractivity contribution >= 4 is 17.8 Å². The fourth-order valence-corrected chi connectivity index (χ4v) is 3.81. The minimum Gasteiger partial charge on any atom is -0.350 e. The molecule has 1 saturated heterocycles. The van der Waals surface area contributed by atoms with Gasteiger partial charge in [0.1, 0.15) is 6.04 Å². The molecule has 31 heavy (non-hydrogen) atoms. The Balaban J connectivity index is 1.67. The van der Waals surface area contributed by atoms with E-state index in [9.17, 15) is 14.4 Å². The molecule has 0 aromatic heterocycles. The van der Waals surface area contributed by atoms with E-state index in [1.54, 1.807) is 29.2 Å². The molecule has 2 aromatic rings. The minimum absolute atomic E-state index is 0.0471. The number of hydrogen-bond donors (Lipinski definition) is 3. The topological polar surface area (TPSA) is 90.5 Å². The Bertz CT molecular complexity index is 865. The zero-order valence-corrected chi connectivity index (χ0v) is 17.8. The van der Waals surface area contributed by atoms with Crippen LogP contribution in [0.2, 0.25) is 0 Å². The third-order valence-electron chi connectivity index (χ3n) is 5.54. The number of piperidine rings is 1. The first kappa shape index (κ1) is 22.3. The van der Waals surface area contributed by atoms with Crippen LogP contribution in [-0.2, 0) is 11.3 Å². The van der Waals surface area contributed by atoms with Gasteiger partial charge in [0.15, 0.2) is 0 Å². The van der Waals surface area contributed by atoms with Crippen molar-refractivity contribution in [2.75, 3.05) is 19.6 Å². The summed E-state index contributed by atoms with van der Waals surface area (Å²) in [4.78, 5) is 39.7. The second-order valence-corrected chi connectivity index (χ2v) is 7.68. The maximum absolute atomic E-state index is 13.1. The van der Waals surface area contributed by atoms with Crippen molar-refractivity contribution < 1.29 is 14.4 Å². The number of benzene rings is 2. The lowest BCUT2D eigenvalue weighted by Crippen LogP contribution is -2.54. The lowest BCUT2D eigenvalue weighted by molar-refractivity contribution is -0.124. The summed E-state index contributed by atoms with van der Waals surface area (Å²) in [6.07, 6.45) is 1.30. The largest absolute Gasteiger partial charge is 0.350 e. The first-order valence-corrected chi connectivity index (χ1v) is 10.8. The number of nitrogens with zero attached hydrogens (tertiary/aromatic N) is 1. The van der Waals surface area contributed by atoms with Gasteiger partial charge >= 0.3 is 6.03 Å². The fourth-order valence-electron chi connectivity index (χ4n) is 3.81. The van der Waals surface area contributed by atoms with Crippen LogP contribution in [0.25, 0.3) is 0 Å². The summed E-state index contributed by atoms with van der Waals surface area (Å²) >= 11 is 0. The van der Waals surface area contributed by atoms with Crippen molar-refractivity contribution in [1.82, 2.24) is 20.9 Å². The minimum atomic E-state index is -0.659. The second kappa shape index (κ2) is 11.2. The van der Waals surface area contributed by atoms with Crippen molar-refractivity contribution in [2.24, 2.45) is 5.92 Å². The first-order valence-electron chi connectivity index (χ1n) is 10.8. The van der Waals surface area contributed by atoms with Gasteiger partial charge in [0.2, 0.25) is 5.91 Å². The molecule has 2 aromatic carbocycles. The van der Waals surface area contributed by atoms with Crippen LogP contribution in [0.1, 0.15) is 35.7 Å². The molecule has 3 rings (SSSR count). The van der Waals surface area contributed by atoms with Gasteiger partial charge in [-0.1, -0.05) is 48.5 Å². The Morgan fingerprint density at radius 2 is 1.55 bits per heavy atom. The van der Waals surface area contributed by atoms with Gasteiger partial charge in [-0.2, -0.15) is 0 Å². The normalized spacial score (nSPS) is 15.1. The summed E-state index contributed by atoms with van der Waals surface area (Å²) in [6, 6.07) is 17.8. The summed E-state index contributed by atoms with van der Waals surface area (Å²) in [6.45, 7) is 3.97. The lowest BCUT2D eigenvalue weighted by atomic mass is 9.88. The predicted octanol–water partition coefficient (Wildman–Crippen LogP) is 2.54. The predicted molar refractivity (Wildman–Crippen MR) is 119 cm³/mol. The first-order chi connectivity index (χ1) is 15.1. The maximum Gasteiger partial charge on any atom is 0.317 e. The SMILES string of the molecule is CCNC(=O)N1CCC(C(NC(=O)c2ccccc2)C(=O)NCc2ccccc2)CC1. The summed E-state index contributed by atoms with van der Waals surface area (Å²) in [5, 5.41) is 8.71. The van der Waals surface area contributed by atoms with Gasteiger partial charge < -0.3 is 20.9 Å². The number of carbonyl (C=O) groups excluding carboxylic acids is 3. The van der Waals surface area contributed by atoms with Crippen molar-refractivity contribution in [3.05, 3.63) is 71.8 Å². The molecule has 1 atom stereocenters. The van der Waals surface area contributed by atoms with E-state index in [1.165, 1.54) is 0 Å². The van der Waals surface area contributed by atoms with E-state index in [4.69, 9.17) is 0 Å². The second-order valence-electron chi connectivity index (χ2n) is 7.68. The van der Waals surface area contributed by atoms with Gasteiger partial charge in [0, 0.05) is 31.7 Å². The number of likely N-dealkylation sites (tertiary alicyclic amines) is 1. The van der Waals surface area contributed by atoms with E-state index < -0.39 is 6.04 Å². The number of rotatable bonds is 7. The average molecular weight is 423 g/mol. The molecule has 7 nitrogen and oxygen atoms in total. The molecule has 1 heterocycles. The summed E-state index contributed by atoms with van der Waals surface area (Å²) < 4.78 is 0. The van der Waals surface area contributed by atoms with Crippen LogP contribution in [0.3, 0.4) is 0 Å². The van der Waals surface area contributed by atoms with Gasteiger partial charge in [-0.15, -0.1) is 0 Å². The van der Waals surface area contributed by atoms with Crippen molar-refractivity contribution in [2.45, 2.75) is 32.4 Å². The molecular weight excluding hydrogens is 392 g/mol. The maximum atomic E-state index is 13.1. The molecule has 4 amide bonds. The van der Waals surface area contributed by atoms with Crippen LogP contribution in [0, 0.1) is 5.92 Å². The van der Waals surface area contributed by atoms with E-state index in [2.05, 4.69) is 16.0 Å². The van der Waals surface area contributed by atoms with E-state index in [1.807, 2.05) is 43.3 Å². The van der Waals surface area contributed by atoms with Gasteiger partial charge in [-0.25, -0.2) is 4.79 Å². The van der Waals surface area contributed by atoms with Crippen molar-refractivity contribution in [3.8, 4) is 0 Å². The number of hydrogen-bond acceptors (Lipinski definition) is 3. The Hall–Kier alpha value is -3.35. The molecule has 1 aliphatic heterocycles. The highest BCUT2D eigenvalue weighted by Gasteiger charge is 2.33. The Labute approximate surface area is 183 Å². The van der Waals surface area contributed by atoms with Crippen LogP contribution in [-0.4, -0.2) is 48.4 Å². The van der Waals surface area contributed by atoms with E-state index in [0.29, 0.717) is 44.6 Å². The van der Waals surface area contributed by atoms with Crippen LogP contribution in [0.15, 0.2) is 60.7 Å². The fraction of sp³-hybridized carbons (Fsp3) is 0.375. The Morgan fingerprint density at radius 1 is 0.935 bits per heavy atom. The Kier molecular flexibility index (Phi) is 8.04. The third-order valence-corrected chi connectivity index (χ3v) is 5.54. The smallest absolute Gasteiger partial charge is 0.317 e. The average Bonchev–Trinajstić information content (AvgIpc) is 2.82. The molecule has 0 saturated carbocycles. The molecule has 1 fully saturated rings. The van der Waals surface area contributed by atoms with Crippen molar-refractivity contribution in [1.29, 1.82) is 0 Å². The molecule has 1 unspecified atom stereocenters. The van der Waals surface area contributed by atoms with Gasteiger partial charge in [0.25, 0.3) is 5.91 Å². The number of carbonyl (C=O) groups is 3. The molecule has 7 heteroatoms. The molecule has 3 N–H and O–H groups in total. The number of nitrogens with one attached hydrogen (secondary N) is 3. The van der Waals surface area contributed by atoms with Crippen LogP contribution in [0.4, 0.5) is 4.79 Å². The molecule has 164 valence electrons.